The van der Waals surface area contributed by atoms with Crippen molar-refractivity contribution in [1.29, 1.82) is 0 Å². The summed E-state index contributed by atoms with van der Waals surface area (Å²) in [5.41, 5.74) is 3.31. The molecular formula is C14H16N2O2. The monoisotopic (exact) mass is 244 g/mol. The molecule has 1 heterocycles. The van der Waals surface area contributed by atoms with Crippen molar-refractivity contribution in [3.63, 3.8) is 0 Å². The lowest BCUT2D eigenvalue weighted by Gasteiger charge is -2.06. The maximum atomic E-state index is 10.6. The molecule has 0 amide bonds. The summed E-state index contributed by atoms with van der Waals surface area (Å²) in [6.07, 6.45) is 2.36. The van der Waals surface area contributed by atoms with Gasteiger partial charge in [0.1, 0.15) is 5.82 Å². The van der Waals surface area contributed by atoms with Crippen molar-refractivity contribution >= 4 is 5.97 Å². The SMILES string of the molecule is Cc1cccc(-c2cnc(CCC(=O)O)n2C)c1. The van der Waals surface area contributed by atoms with Gasteiger partial charge in [-0.2, -0.15) is 0 Å². The molecule has 1 aromatic heterocycles. The molecule has 0 bridgehead atoms. The van der Waals surface area contributed by atoms with E-state index < -0.39 is 5.97 Å². The quantitative estimate of drug-likeness (QED) is 0.898. The van der Waals surface area contributed by atoms with Gasteiger partial charge in [-0.15, -0.1) is 0 Å². The maximum Gasteiger partial charge on any atom is 0.303 e. The summed E-state index contributed by atoms with van der Waals surface area (Å²) in [5.74, 6) is 0.00371. The molecule has 94 valence electrons. The molecule has 2 rings (SSSR count). The van der Waals surface area contributed by atoms with E-state index in [9.17, 15) is 4.79 Å². The van der Waals surface area contributed by atoms with Crippen LogP contribution >= 0.6 is 0 Å². The third-order valence-electron chi connectivity index (χ3n) is 2.96. The minimum absolute atomic E-state index is 0.109. The molecule has 0 atom stereocenters. The summed E-state index contributed by atoms with van der Waals surface area (Å²) in [5, 5.41) is 8.69. The van der Waals surface area contributed by atoms with E-state index in [1.807, 2.05) is 36.7 Å². The molecule has 0 aliphatic heterocycles. The molecule has 0 fully saturated rings. The van der Waals surface area contributed by atoms with E-state index in [0.29, 0.717) is 6.42 Å². The number of aliphatic carboxylic acids is 1. The number of aromatic nitrogens is 2. The lowest BCUT2D eigenvalue weighted by Crippen LogP contribution is -2.04. The minimum Gasteiger partial charge on any atom is -0.481 e. The molecule has 0 aliphatic carbocycles. The zero-order valence-corrected chi connectivity index (χ0v) is 10.6. The second-order valence-electron chi connectivity index (χ2n) is 4.38. The lowest BCUT2D eigenvalue weighted by atomic mass is 10.1. The van der Waals surface area contributed by atoms with E-state index in [0.717, 1.165) is 17.1 Å². The van der Waals surface area contributed by atoms with Gasteiger partial charge >= 0.3 is 5.97 Å². The molecular weight excluding hydrogens is 228 g/mol. The highest BCUT2D eigenvalue weighted by Crippen LogP contribution is 2.21. The van der Waals surface area contributed by atoms with Gasteiger partial charge < -0.3 is 9.67 Å². The van der Waals surface area contributed by atoms with Crippen molar-refractivity contribution < 1.29 is 9.90 Å². The number of carboxylic acid groups (broad SMARTS) is 1. The van der Waals surface area contributed by atoms with Crippen LogP contribution in [0.5, 0.6) is 0 Å². The number of carboxylic acids is 1. The Morgan fingerprint density at radius 2 is 2.22 bits per heavy atom. The maximum absolute atomic E-state index is 10.6. The molecule has 0 saturated heterocycles. The third-order valence-corrected chi connectivity index (χ3v) is 2.96. The molecule has 4 heteroatoms. The van der Waals surface area contributed by atoms with E-state index in [2.05, 4.69) is 11.1 Å². The molecule has 4 nitrogen and oxygen atoms in total. The number of benzene rings is 1. The standard InChI is InChI=1S/C14H16N2O2/c1-10-4-3-5-11(8-10)12-9-15-13(16(12)2)6-7-14(17)18/h3-5,8-9H,6-7H2,1-2H3,(H,17,18). The number of nitrogens with zero attached hydrogens (tertiary/aromatic N) is 2. The molecule has 1 N–H and O–H groups in total. The fourth-order valence-corrected chi connectivity index (χ4v) is 1.97. The summed E-state index contributed by atoms with van der Waals surface area (Å²) in [4.78, 5) is 14.9. The second kappa shape index (κ2) is 5.04. The molecule has 0 spiro atoms. The molecule has 0 saturated carbocycles. The van der Waals surface area contributed by atoms with Gasteiger partial charge in [0.05, 0.1) is 18.3 Å². The summed E-state index contributed by atoms with van der Waals surface area (Å²) in [6, 6.07) is 8.18. The van der Waals surface area contributed by atoms with Crippen LogP contribution in [0.3, 0.4) is 0 Å². The smallest absolute Gasteiger partial charge is 0.303 e. The largest absolute Gasteiger partial charge is 0.481 e. The Kier molecular flexibility index (Phi) is 3.46. The topological polar surface area (TPSA) is 55.1 Å². The number of rotatable bonds is 4. The van der Waals surface area contributed by atoms with Gasteiger partial charge in [-0.1, -0.05) is 23.8 Å². The third kappa shape index (κ3) is 2.59. The Morgan fingerprint density at radius 3 is 2.89 bits per heavy atom. The van der Waals surface area contributed by atoms with Gasteiger partial charge in [-0.05, 0) is 13.0 Å². The van der Waals surface area contributed by atoms with E-state index in [4.69, 9.17) is 5.11 Å². The van der Waals surface area contributed by atoms with Crippen LogP contribution in [0.2, 0.25) is 0 Å². The van der Waals surface area contributed by atoms with Crippen LogP contribution in [-0.4, -0.2) is 20.6 Å². The lowest BCUT2D eigenvalue weighted by molar-refractivity contribution is -0.137. The molecule has 0 aliphatic rings. The first-order valence-corrected chi connectivity index (χ1v) is 5.87. The fourth-order valence-electron chi connectivity index (χ4n) is 1.97. The van der Waals surface area contributed by atoms with Gasteiger partial charge in [-0.25, -0.2) is 4.98 Å². The van der Waals surface area contributed by atoms with Crippen LogP contribution < -0.4 is 0 Å². The molecule has 1 aromatic carbocycles. The Morgan fingerprint density at radius 1 is 1.44 bits per heavy atom. The van der Waals surface area contributed by atoms with E-state index in [1.54, 1.807) is 6.20 Å². The second-order valence-corrected chi connectivity index (χ2v) is 4.38. The molecule has 18 heavy (non-hydrogen) atoms. The first-order chi connectivity index (χ1) is 8.58. The highest BCUT2D eigenvalue weighted by atomic mass is 16.4. The zero-order valence-electron chi connectivity index (χ0n) is 10.6. The number of imidazole rings is 1. The van der Waals surface area contributed by atoms with E-state index in [-0.39, 0.29) is 6.42 Å². The summed E-state index contributed by atoms with van der Waals surface area (Å²) in [6.45, 7) is 2.05. The average Bonchev–Trinajstić information content (AvgIpc) is 2.68. The van der Waals surface area contributed by atoms with Crippen molar-refractivity contribution in [2.75, 3.05) is 0 Å². The number of hydrogen-bond donors (Lipinski definition) is 1. The first kappa shape index (κ1) is 12.4. The van der Waals surface area contributed by atoms with Crippen molar-refractivity contribution in [1.82, 2.24) is 9.55 Å². The Hall–Kier alpha value is -2.10. The summed E-state index contributed by atoms with van der Waals surface area (Å²) >= 11 is 0. The van der Waals surface area contributed by atoms with Gasteiger partial charge in [-0.3, -0.25) is 4.79 Å². The number of carbonyl (C=O) groups is 1. The molecule has 0 radical (unpaired) electrons. The average molecular weight is 244 g/mol. The van der Waals surface area contributed by atoms with Crippen molar-refractivity contribution in [2.45, 2.75) is 19.8 Å². The first-order valence-electron chi connectivity index (χ1n) is 5.87. The summed E-state index contributed by atoms with van der Waals surface area (Å²) < 4.78 is 1.96. The highest BCUT2D eigenvalue weighted by Gasteiger charge is 2.09. The van der Waals surface area contributed by atoms with Crippen LogP contribution in [-0.2, 0) is 18.3 Å². The number of aryl methyl sites for hydroxylation is 2. The Balaban J connectivity index is 2.28. The predicted molar refractivity (Wildman–Crippen MR) is 69.3 cm³/mol. The van der Waals surface area contributed by atoms with Gasteiger partial charge in [0.2, 0.25) is 0 Å². The molecule has 2 aromatic rings. The van der Waals surface area contributed by atoms with Crippen molar-refractivity contribution in [2.24, 2.45) is 7.05 Å². The Labute approximate surface area is 106 Å². The van der Waals surface area contributed by atoms with E-state index >= 15 is 0 Å². The zero-order chi connectivity index (χ0) is 13.1. The Bertz CT molecular complexity index is 573. The molecule has 0 unspecified atom stereocenters. The van der Waals surface area contributed by atoms with Crippen molar-refractivity contribution in [3.8, 4) is 11.3 Å². The normalized spacial score (nSPS) is 10.6. The number of hydrogen-bond acceptors (Lipinski definition) is 2. The van der Waals surface area contributed by atoms with Gasteiger partial charge in [0.15, 0.2) is 0 Å². The van der Waals surface area contributed by atoms with E-state index in [1.165, 1.54) is 5.56 Å². The van der Waals surface area contributed by atoms with Gasteiger partial charge in [0, 0.05) is 19.0 Å². The van der Waals surface area contributed by atoms with Crippen LogP contribution in [0.1, 0.15) is 17.8 Å². The van der Waals surface area contributed by atoms with Crippen LogP contribution in [0, 0.1) is 6.92 Å². The van der Waals surface area contributed by atoms with Gasteiger partial charge in [0.25, 0.3) is 0 Å². The fraction of sp³-hybridized carbons (Fsp3) is 0.286. The van der Waals surface area contributed by atoms with Crippen LogP contribution in [0.25, 0.3) is 11.3 Å². The van der Waals surface area contributed by atoms with Crippen molar-refractivity contribution in [3.05, 3.63) is 41.9 Å². The van der Waals surface area contributed by atoms with Crippen LogP contribution in [0.4, 0.5) is 0 Å². The predicted octanol–water partition coefficient (Wildman–Crippen LogP) is 2.41. The summed E-state index contributed by atoms with van der Waals surface area (Å²) in [7, 11) is 1.92. The minimum atomic E-state index is -0.796. The highest BCUT2D eigenvalue weighted by molar-refractivity contribution is 5.67. The van der Waals surface area contributed by atoms with Crippen LogP contribution in [0.15, 0.2) is 30.5 Å².